The van der Waals surface area contributed by atoms with Gasteiger partial charge in [0.25, 0.3) is 0 Å². The molecule has 0 aliphatic rings. The van der Waals surface area contributed by atoms with Gasteiger partial charge in [0.1, 0.15) is 5.75 Å². The number of carbonyl (C=O) groups is 1. The summed E-state index contributed by atoms with van der Waals surface area (Å²) in [6, 6.07) is 16.8. The number of hydrogen-bond acceptors (Lipinski definition) is 4. The van der Waals surface area contributed by atoms with Crippen LogP contribution < -0.4 is 10.9 Å². The summed E-state index contributed by atoms with van der Waals surface area (Å²) in [5, 5.41) is 11.0. The van der Waals surface area contributed by atoms with E-state index < -0.39 is 12.9 Å². The molecule has 0 aliphatic heterocycles. The van der Waals surface area contributed by atoms with Crippen LogP contribution in [-0.4, -0.2) is 23.0 Å². The third kappa shape index (κ3) is 4.13. The fourth-order valence-electron chi connectivity index (χ4n) is 2.32. The summed E-state index contributed by atoms with van der Waals surface area (Å²) in [5.41, 5.74) is 1.32. The van der Waals surface area contributed by atoms with Crippen molar-refractivity contribution in [3.05, 3.63) is 82.6 Å². The average Bonchev–Trinajstić information content (AvgIpc) is 2.62. The Morgan fingerprint density at radius 2 is 1.44 bits per heavy atom. The Hall–Kier alpha value is -2.50. The molecule has 0 radical (unpaired) electrons. The monoisotopic (exact) mass is 371 g/mol. The number of pyridine rings is 1. The van der Waals surface area contributed by atoms with Crippen LogP contribution in [-0.2, 0) is 4.65 Å². The van der Waals surface area contributed by atoms with Crippen LogP contribution in [0.1, 0.15) is 10.5 Å². The highest BCUT2D eigenvalue weighted by Crippen LogP contribution is 2.15. The van der Waals surface area contributed by atoms with Crippen LogP contribution in [0.3, 0.4) is 0 Å². The van der Waals surface area contributed by atoms with Crippen molar-refractivity contribution in [3.8, 4) is 5.75 Å². The highest BCUT2D eigenvalue weighted by atomic mass is 35.5. The van der Waals surface area contributed by atoms with Crippen LogP contribution >= 0.6 is 23.2 Å². The molecule has 0 fully saturated rings. The lowest BCUT2D eigenvalue weighted by molar-refractivity contribution is 0.0729. The second-order valence-electron chi connectivity index (χ2n) is 5.26. The molecule has 3 rings (SSSR count). The summed E-state index contributed by atoms with van der Waals surface area (Å²) < 4.78 is 5.62. The molecule has 3 aromatic rings. The molecule has 0 unspecified atom stereocenters. The predicted molar refractivity (Wildman–Crippen MR) is 99.2 cm³/mol. The van der Waals surface area contributed by atoms with E-state index in [-0.39, 0.29) is 11.4 Å². The van der Waals surface area contributed by atoms with E-state index in [0.29, 0.717) is 10.0 Å². The second kappa shape index (κ2) is 7.59. The van der Waals surface area contributed by atoms with E-state index in [1.807, 2.05) is 0 Å². The van der Waals surface area contributed by atoms with Crippen LogP contribution in [0.15, 0.2) is 66.9 Å². The van der Waals surface area contributed by atoms with E-state index in [2.05, 4.69) is 4.98 Å². The van der Waals surface area contributed by atoms with E-state index in [1.165, 1.54) is 18.3 Å². The van der Waals surface area contributed by atoms with Crippen molar-refractivity contribution in [2.45, 2.75) is 0 Å². The van der Waals surface area contributed by atoms with Gasteiger partial charge in [0.15, 0.2) is 5.69 Å². The number of rotatable bonds is 4. The minimum Gasteiger partial charge on any atom is -0.521 e. The molecule has 0 bridgehead atoms. The number of halogens is 2. The standard InChI is InChI=1S/C18H12BCl2NO3/c20-14-7-3-12(4-8-14)19(13-5-9-15(21)10-6-13)25-18(24)17-16(23)2-1-11-22-17/h1-11,23H. The summed E-state index contributed by atoms with van der Waals surface area (Å²) in [6.45, 7) is -0.691. The van der Waals surface area contributed by atoms with Crippen molar-refractivity contribution >= 4 is 47.0 Å². The van der Waals surface area contributed by atoms with Crippen molar-refractivity contribution in [3.63, 3.8) is 0 Å². The van der Waals surface area contributed by atoms with Gasteiger partial charge in [0.05, 0.1) is 0 Å². The molecule has 2 aromatic carbocycles. The highest BCUT2D eigenvalue weighted by molar-refractivity contribution is 6.81. The Bertz CT molecular complexity index is 840. The summed E-state index contributed by atoms with van der Waals surface area (Å²) in [5.74, 6) is -0.966. The maximum absolute atomic E-state index is 12.5. The van der Waals surface area contributed by atoms with E-state index in [1.54, 1.807) is 48.5 Å². The van der Waals surface area contributed by atoms with Gasteiger partial charge in [-0.05, 0) is 47.3 Å². The summed E-state index contributed by atoms with van der Waals surface area (Å²) in [4.78, 5) is 16.3. The maximum Gasteiger partial charge on any atom is 0.429 e. The molecule has 0 atom stereocenters. The van der Waals surface area contributed by atoms with Gasteiger partial charge in [0.2, 0.25) is 0 Å². The Labute approximate surface area is 155 Å². The molecule has 7 heteroatoms. The molecule has 124 valence electrons. The Balaban J connectivity index is 1.96. The molecule has 0 spiro atoms. The van der Waals surface area contributed by atoms with Crippen molar-refractivity contribution in [2.24, 2.45) is 0 Å². The third-order valence-electron chi connectivity index (χ3n) is 3.55. The molecule has 1 aromatic heterocycles. The van der Waals surface area contributed by atoms with Crippen molar-refractivity contribution < 1.29 is 14.6 Å². The number of hydrogen-bond donors (Lipinski definition) is 1. The van der Waals surface area contributed by atoms with Crippen molar-refractivity contribution in [1.82, 2.24) is 4.98 Å². The van der Waals surface area contributed by atoms with Gasteiger partial charge < -0.3 is 9.76 Å². The SMILES string of the molecule is O=C(OB(c1ccc(Cl)cc1)c1ccc(Cl)cc1)c1ncccc1O. The fraction of sp³-hybridized carbons (Fsp3) is 0. The minimum absolute atomic E-state index is 0.143. The van der Waals surface area contributed by atoms with Gasteiger partial charge >= 0.3 is 12.9 Å². The Kier molecular flexibility index (Phi) is 5.27. The van der Waals surface area contributed by atoms with Crippen LogP contribution in [0.2, 0.25) is 10.0 Å². The van der Waals surface area contributed by atoms with Gasteiger partial charge in [-0.25, -0.2) is 9.78 Å². The molecule has 0 aliphatic carbocycles. The molecule has 4 nitrogen and oxygen atoms in total. The highest BCUT2D eigenvalue weighted by Gasteiger charge is 2.28. The first-order chi connectivity index (χ1) is 12.0. The molecular weight excluding hydrogens is 360 g/mol. The second-order valence-corrected chi connectivity index (χ2v) is 6.13. The zero-order valence-corrected chi connectivity index (χ0v) is 14.4. The molecule has 0 amide bonds. The van der Waals surface area contributed by atoms with Crippen LogP contribution in [0.4, 0.5) is 0 Å². The largest absolute Gasteiger partial charge is 0.521 e. The van der Waals surface area contributed by atoms with Gasteiger partial charge in [-0.3, -0.25) is 0 Å². The van der Waals surface area contributed by atoms with Gasteiger partial charge in [-0.15, -0.1) is 0 Å². The topological polar surface area (TPSA) is 59.4 Å². The van der Waals surface area contributed by atoms with Crippen LogP contribution in [0.25, 0.3) is 0 Å². The van der Waals surface area contributed by atoms with E-state index in [9.17, 15) is 9.90 Å². The van der Waals surface area contributed by atoms with E-state index in [0.717, 1.165) is 10.9 Å². The van der Waals surface area contributed by atoms with Gasteiger partial charge in [0, 0.05) is 16.2 Å². The van der Waals surface area contributed by atoms with Crippen molar-refractivity contribution in [2.75, 3.05) is 0 Å². The molecule has 1 heterocycles. The number of aromatic hydroxyl groups is 1. The first-order valence-corrected chi connectivity index (χ1v) is 8.16. The minimum atomic E-state index is -0.729. The molecular formula is C18H12BCl2NO3. The van der Waals surface area contributed by atoms with E-state index in [4.69, 9.17) is 27.9 Å². The van der Waals surface area contributed by atoms with Crippen molar-refractivity contribution in [1.29, 1.82) is 0 Å². The summed E-state index contributed by atoms with van der Waals surface area (Å²) in [6.07, 6.45) is 1.41. The Morgan fingerprint density at radius 1 is 0.920 bits per heavy atom. The lowest BCUT2D eigenvalue weighted by atomic mass is 9.55. The quantitative estimate of drug-likeness (QED) is 0.716. The van der Waals surface area contributed by atoms with E-state index >= 15 is 0 Å². The predicted octanol–water partition coefficient (Wildman–Crippen LogP) is 3.06. The zero-order chi connectivity index (χ0) is 17.8. The molecule has 25 heavy (non-hydrogen) atoms. The first kappa shape index (κ1) is 17.3. The smallest absolute Gasteiger partial charge is 0.429 e. The fourth-order valence-corrected chi connectivity index (χ4v) is 2.57. The average molecular weight is 372 g/mol. The zero-order valence-electron chi connectivity index (χ0n) is 12.9. The number of aromatic nitrogens is 1. The third-order valence-corrected chi connectivity index (χ3v) is 4.05. The molecule has 0 saturated heterocycles. The van der Waals surface area contributed by atoms with Gasteiger partial charge in [-0.2, -0.15) is 0 Å². The normalized spacial score (nSPS) is 10.3. The molecule has 0 saturated carbocycles. The lowest BCUT2D eigenvalue weighted by Gasteiger charge is -2.15. The number of nitrogens with zero attached hydrogens (tertiary/aromatic N) is 1. The molecule has 1 N–H and O–H groups in total. The lowest BCUT2D eigenvalue weighted by Crippen LogP contribution is -2.46. The summed E-state index contributed by atoms with van der Waals surface area (Å²) >= 11 is 11.9. The van der Waals surface area contributed by atoms with Crippen LogP contribution in [0, 0.1) is 0 Å². The number of carbonyl (C=O) groups excluding carboxylic acids is 1. The van der Waals surface area contributed by atoms with Crippen LogP contribution in [0.5, 0.6) is 5.75 Å². The maximum atomic E-state index is 12.5. The van der Waals surface area contributed by atoms with Gasteiger partial charge in [-0.1, -0.05) is 47.5 Å². The first-order valence-electron chi connectivity index (χ1n) is 7.40. The number of benzene rings is 2. The Morgan fingerprint density at radius 3 is 1.92 bits per heavy atom. The summed E-state index contributed by atoms with van der Waals surface area (Å²) in [7, 11) is 0.